The Hall–Kier alpha value is -1.37. The predicted molar refractivity (Wildman–Crippen MR) is 54.3 cm³/mol. The van der Waals surface area contributed by atoms with Gasteiger partial charge in [-0.3, -0.25) is 4.99 Å². The number of rotatable bonds is 2. The number of hydrogen-bond acceptors (Lipinski definition) is 1. The molecule has 0 amide bonds. The van der Waals surface area contributed by atoms with Crippen molar-refractivity contribution in [3.63, 3.8) is 0 Å². The van der Waals surface area contributed by atoms with Crippen LogP contribution in [0.4, 0.5) is 5.69 Å². The minimum Gasteiger partial charge on any atom is -0.256 e. The highest BCUT2D eigenvalue weighted by atomic mass is 14.7. The van der Waals surface area contributed by atoms with Gasteiger partial charge in [-0.05, 0) is 25.0 Å². The van der Waals surface area contributed by atoms with E-state index >= 15 is 0 Å². The number of hydrogen-bond donors (Lipinski definition) is 0. The SMILES string of the molecule is C=C/C=N\c1c(C)cccc1C. The van der Waals surface area contributed by atoms with E-state index in [-0.39, 0.29) is 0 Å². The van der Waals surface area contributed by atoms with Crippen molar-refractivity contribution in [2.75, 3.05) is 0 Å². The summed E-state index contributed by atoms with van der Waals surface area (Å²) < 4.78 is 0. The first-order valence-electron chi connectivity index (χ1n) is 3.97. The molecule has 0 bridgehead atoms. The molecule has 0 heterocycles. The largest absolute Gasteiger partial charge is 0.256 e. The molecule has 62 valence electrons. The molecule has 1 heteroatoms. The average Bonchev–Trinajstić information content (AvgIpc) is 2.04. The van der Waals surface area contributed by atoms with Crippen molar-refractivity contribution >= 4 is 11.9 Å². The highest BCUT2D eigenvalue weighted by Crippen LogP contribution is 2.22. The van der Waals surface area contributed by atoms with Gasteiger partial charge in [0.15, 0.2) is 0 Å². The Morgan fingerprint density at radius 3 is 2.33 bits per heavy atom. The number of nitrogens with zero attached hydrogens (tertiary/aromatic N) is 1. The molecule has 0 radical (unpaired) electrons. The maximum Gasteiger partial charge on any atom is 0.0687 e. The van der Waals surface area contributed by atoms with Gasteiger partial charge in [-0.1, -0.05) is 30.9 Å². The van der Waals surface area contributed by atoms with E-state index in [0.29, 0.717) is 0 Å². The van der Waals surface area contributed by atoms with E-state index in [1.807, 2.05) is 6.07 Å². The van der Waals surface area contributed by atoms with Gasteiger partial charge in [-0.15, -0.1) is 0 Å². The van der Waals surface area contributed by atoms with Crippen LogP contribution in [0.2, 0.25) is 0 Å². The Bertz CT molecular complexity index is 291. The molecule has 0 atom stereocenters. The molecule has 0 unspecified atom stereocenters. The van der Waals surface area contributed by atoms with Gasteiger partial charge in [0.2, 0.25) is 0 Å². The Morgan fingerprint density at radius 1 is 1.25 bits per heavy atom. The molecule has 1 nitrogen and oxygen atoms in total. The van der Waals surface area contributed by atoms with E-state index in [1.54, 1.807) is 12.3 Å². The van der Waals surface area contributed by atoms with Crippen LogP contribution in [0.5, 0.6) is 0 Å². The van der Waals surface area contributed by atoms with Crippen LogP contribution in [0.1, 0.15) is 11.1 Å². The normalized spacial score (nSPS) is 10.5. The highest BCUT2D eigenvalue weighted by Gasteiger charge is 1.96. The van der Waals surface area contributed by atoms with E-state index in [1.165, 1.54) is 11.1 Å². The van der Waals surface area contributed by atoms with E-state index in [9.17, 15) is 0 Å². The molecule has 0 aliphatic rings. The third kappa shape index (κ3) is 1.82. The van der Waals surface area contributed by atoms with Gasteiger partial charge in [0.05, 0.1) is 5.69 Å². The second-order valence-corrected chi connectivity index (χ2v) is 2.75. The van der Waals surface area contributed by atoms with E-state index in [4.69, 9.17) is 0 Å². The van der Waals surface area contributed by atoms with Crippen LogP contribution in [-0.2, 0) is 0 Å². The first-order chi connectivity index (χ1) is 5.75. The van der Waals surface area contributed by atoms with Crippen LogP contribution < -0.4 is 0 Å². The molecular weight excluding hydrogens is 146 g/mol. The molecule has 1 aromatic carbocycles. The van der Waals surface area contributed by atoms with Crippen molar-refractivity contribution in [3.8, 4) is 0 Å². The standard InChI is InChI=1S/C11H13N/c1-4-8-12-11-9(2)6-5-7-10(11)3/h4-8H,1H2,2-3H3/b12-8-. The monoisotopic (exact) mass is 159 g/mol. The van der Waals surface area contributed by atoms with Crippen LogP contribution >= 0.6 is 0 Å². The first kappa shape index (κ1) is 8.72. The molecule has 1 rings (SSSR count). The molecule has 0 aliphatic carbocycles. The van der Waals surface area contributed by atoms with Crippen molar-refractivity contribution in [3.05, 3.63) is 42.0 Å². The lowest BCUT2D eigenvalue weighted by Gasteiger charge is -2.02. The molecule has 0 spiro atoms. The summed E-state index contributed by atoms with van der Waals surface area (Å²) in [5.41, 5.74) is 3.46. The molecule has 0 N–H and O–H groups in total. The third-order valence-electron chi connectivity index (χ3n) is 1.75. The van der Waals surface area contributed by atoms with E-state index in [2.05, 4.69) is 37.6 Å². The lowest BCUT2D eigenvalue weighted by Crippen LogP contribution is -1.79. The van der Waals surface area contributed by atoms with Gasteiger partial charge in [-0.2, -0.15) is 0 Å². The lowest BCUT2D eigenvalue weighted by molar-refractivity contribution is 1.33. The van der Waals surface area contributed by atoms with Crippen molar-refractivity contribution in [2.45, 2.75) is 13.8 Å². The van der Waals surface area contributed by atoms with Crippen molar-refractivity contribution in [1.29, 1.82) is 0 Å². The molecule has 0 fully saturated rings. The minimum absolute atomic E-state index is 1.05. The first-order valence-corrected chi connectivity index (χ1v) is 3.97. The number of para-hydroxylation sites is 1. The minimum atomic E-state index is 1.05. The number of benzene rings is 1. The lowest BCUT2D eigenvalue weighted by atomic mass is 10.1. The maximum atomic E-state index is 4.28. The molecular formula is C11H13N. The van der Waals surface area contributed by atoms with Crippen LogP contribution in [0, 0.1) is 13.8 Å². The fourth-order valence-corrected chi connectivity index (χ4v) is 1.14. The molecule has 0 aromatic heterocycles. The van der Waals surface area contributed by atoms with E-state index < -0.39 is 0 Å². The van der Waals surface area contributed by atoms with Gasteiger partial charge in [-0.25, -0.2) is 0 Å². The average molecular weight is 159 g/mol. The summed E-state index contributed by atoms with van der Waals surface area (Å²) in [6, 6.07) is 6.16. The summed E-state index contributed by atoms with van der Waals surface area (Å²) in [5.74, 6) is 0. The van der Waals surface area contributed by atoms with Crippen LogP contribution in [0.3, 0.4) is 0 Å². The molecule has 0 saturated heterocycles. The summed E-state index contributed by atoms with van der Waals surface area (Å²) in [6.45, 7) is 7.70. The number of aryl methyl sites for hydroxylation is 2. The van der Waals surface area contributed by atoms with E-state index in [0.717, 1.165) is 5.69 Å². The van der Waals surface area contributed by atoms with Crippen molar-refractivity contribution in [1.82, 2.24) is 0 Å². The zero-order chi connectivity index (χ0) is 8.97. The second kappa shape index (κ2) is 3.86. The van der Waals surface area contributed by atoms with Gasteiger partial charge < -0.3 is 0 Å². The zero-order valence-corrected chi connectivity index (χ0v) is 7.54. The van der Waals surface area contributed by atoms with Crippen molar-refractivity contribution < 1.29 is 0 Å². The molecule has 0 aliphatic heterocycles. The second-order valence-electron chi connectivity index (χ2n) is 2.75. The Kier molecular flexibility index (Phi) is 2.81. The van der Waals surface area contributed by atoms with Gasteiger partial charge in [0.25, 0.3) is 0 Å². The fourth-order valence-electron chi connectivity index (χ4n) is 1.14. The predicted octanol–water partition coefficient (Wildman–Crippen LogP) is 3.19. The van der Waals surface area contributed by atoms with Gasteiger partial charge in [0, 0.05) is 6.21 Å². The summed E-state index contributed by atoms with van der Waals surface area (Å²) in [4.78, 5) is 4.28. The number of allylic oxidation sites excluding steroid dienone is 1. The third-order valence-corrected chi connectivity index (χ3v) is 1.75. The highest BCUT2D eigenvalue weighted by molar-refractivity contribution is 5.75. The van der Waals surface area contributed by atoms with Gasteiger partial charge in [0.1, 0.15) is 0 Å². The Balaban J connectivity index is 3.12. The molecule has 1 aromatic rings. The van der Waals surface area contributed by atoms with Crippen LogP contribution in [-0.4, -0.2) is 6.21 Å². The smallest absolute Gasteiger partial charge is 0.0687 e. The topological polar surface area (TPSA) is 12.4 Å². The Labute approximate surface area is 73.5 Å². The summed E-state index contributed by atoms with van der Waals surface area (Å²) >= 11 is 0. The zero-order valence-electron chi connectivity index (χ0n) is 7.54. The Morgan fingerprint density at radius 2 is 1.83 bits per heavy atom. The van der Waals surface area contributed by atoms with Crippen molar-refractivity contribution in [2.24, 2.45) is 4.99 Å². The fraction of sp³-hybridized carbons (Fsp3) is 0.182. The summed E-state index contributed by atoms with van der Waals surface area (Å²) in [7, 11) is 0. The van der Waals surface area contributed by atoms with Gasteiger partial charge >= 0.3 is 0 Å². The molecule has 0 saturated carbocycles. The summed E-state index contributed by atoms with van der Waals surface area (Å²) in [5, 5.41) is 0. The molecule has 12 heavy (non-hydrogen) atoms. The van der Waals surface area contributed by atoms with Crippen LogP contribution in [0.15, 0.2) is 35.8 Å². The summed E-state index contributed by atoms with van der Waals surface area (Å²) in [6.07, 6.45) is 3.40. The maximum absolute atomic E-state index is 4.28. The van der Waals surface area contributed by atoms with Crippen LogP contribution in [0.25, 0.3) is 0 Å². The quantitative estimate of drug-likeness (QED) is 0.588. The number of aliphatic imine (C=N–C) groups is 1.